The topological polar surface area (TPSA) is 33.4 Å². The first-order chi connectivity index (χ1) is 6.25. The molecule has 1 fully saturated rings. The Morgan fingerprint density at radius 1 is 1.54 bits per heavy atom. The predicted octanol–water partition coefficient (Wildman–Crippen LogP) is 2.81. The van der Waals surface area contributed by atoms with Crippen LogP contribution in [0.4, 0.5) is 0 Å². The van der Waals surface area contributed by atoms with Crippen LogP contribution in [0.2, 0.25) is 0 Å². The molecule has 1 aliphatic rings. The standard InChI is InChI=1S/C11H16O2/c1-8-5-6-11(13-8)10(12)7-9-3-2-4-9/h5-6,9-10,12H,2-4,7H2,1H3. The van der Waals surface area contributed by atoms with Crippen LogP contribution >= 0.6 is 0 Å². The van der Waals surface area contributed by atoms with Gasteiger partial charge in [-0.3, -0.25) is 0 Å². The highest BCUT2D eigenvalue weighted by Crippen LogP contribution is 2.34. The van der Waals surface area contributed by atoms with Crippen LogP contribution in [0.5, 0.6) is 0 Å². The largest absolute Gasteiger partial charge is 0.464 e. The van der Waals surface area contributed by atoms with Crippen molar-refractivity contribution < 1.29 is 9.52 Å². The van der Waals surface area contributed by atoms with Gasteiger partial charge in [0, 0.05) is 0 Å². The lowest BCUT2D eigenvalue weighted by Gasteiger charge is -2.26. The van der Waals surface area contributed by atoms with Gasteiger partial charge in [-0.2, -0.15) is 0 Å². The summed E-state index contributed by atoms with van der Waals surface area (Å²) in [7, 11) is 0. The lowest BCUT2D eigenvalue weighted by molar-refractivity contribution is 0.0976. The molecular formula is C11H16O2. The smallest absolute Gasteiger partial charge is 0.132 e. The van der Waals surface area contributed by atoms with Gasteiger partial charge in [-0.1, -0.05) is 19.3 Å². The van der Waals surface area contributed by atoms with Crippen molar-refractivity contribution >= 4 is 0 Å². The molecule has 1 atom stereocenters. The second kappa shape index (κ2) is 3.54. The number of aliphatic hydroxyl groups excluding tert-OH is 1. The first-order valence-corrected chi connectivity index (χ1v) is 5.00. The second-order valence-corrected chi connectivity index (χ2v) is 4.00. The Labute approximate surface area is 78.6 Å². The number of hydrogen-bond acceptors (Lipinski definition) is 2. The molecule has 2 heteroatoms. The zero-order chi connectivity index (χ0) is 9.26. The third-order valence-corrected chi connectivity index (χ3v) is 2.87. The van der Waals surface area contributed by atoms with Gasteiger partial charge in [-0.05, 0) is 31.4 Å². The molecule has 72 valence electrons. The maximum absolute atomic E-state index is 9.78. The Hall–Kier alpha value is -0.760. The highest BCUT2D eigenvalue weighted by atomic mass is 16.4. The van der Waals surface area contributed by atoms with Crippen LogP contribution in [0.1, 0.15) is 43.3 Å². The van der Waals surface area contributed by atoms with Gasteiger partial charge < -0.3 is 9.52 Å². The Morgan fingerprint density at radius 3 is 2.77 bits per heavy atom. The summed E-state index contributed by atoms with van der Waals surface area (Å²) in [5, 5.41) is 9.78. The molecule has 0 radical (unpaired) electrons. The van der Waals surface area contributed by atoms with E-state index in [2.05, 4.69) is 0 Å². The fraction of sp³-hybridized carbons (Fsp3) is 0.636. The van der Waals surface area contributed by atoms with Gasteiger partial charge >= 0.3 is 0 Å². The summed E-state index contributed by atoms with van der Waals surface area (Å²) in [4.78, 5) is 0. The van der Waals surface area contributed by atoms with Crippen LogP contribution in [0.15, 0.2) is 16.5 Å². The normalized spacial score (nSPS) is 19.8. The van der Waals surface area contributed by atoms with Crippen LogP contribution in [-0.4, -0.2) is 5.11 Å². The number of hydrogen-bond donors (Lipinski definition) is 1. The van der Waals surface area contributed by atoms with E-state index < -0.39 is 0 Å². The number of aryl methyl sites for hydroxylation is 1. The molecule has 1 aromatic rings. The molecular weight excluding hydrogens is 164 g/mol. The summed E-state index contributed by atoms with van der Waals surface area (Å²) < 4.78 is 5.36. The highest BCUT2D eigenvalue weighted by Gasteiger charge is 2.23. The van der Waals surface area contributed by atoms with Crippen molar-refractivity contribution in [3.05, 3.63) is 23.7 Å². The average molecular weight is 180 g/mol. The molecule has 1 unspecified atom stereocenters. The molecule has 1 aliphatic carbocycles. The average Bonchev–Trinajstić information content (AvgIpc) is 2.44. The molecule has 1 aromatic heterocycles. The van der Waals surface area contributed by atoms with Gasteiger partial charge in [0.2, 0.25) is 0 Å². The lowest BCUT2D eigenvalue weighted by atomic mass is 9.81. The minimum atomic E-state index is -0.390. The molecule has 0 spiro atoms. The third-order valence-electron chi connectivity index (χ3n) is 2.87. The molecule has 1 N–H and O–H groups in total. The summed E-state index contributed by atoms with van der Waals surface area (Å²) in [6.07, 6.45) is 4.36. The van der Waals surface area contributed by atoms with Gasteiger partial charge in [-0.25, -0.2) is 0 Å². The van der Waals surface area contributed by atoms with E-state index in [1.165, 1.54) is 19.3 Å². The van der Waals surface area contributed by atoms with Crippen LogP contribution in [0, 0.1) is 12.8 Å². The fourth-order valence-corrected chi connectivity index (χ4v) is 1.79. The zero-order valence-electron chi connectivity index (χ0n) is 7.99. The lowest BCUT2D eigenvalue weighted by Crippen LogP contribution is -2.14. The molecule has 13 heavy (non-hydrogen) atoms. The van der Waals surface area contributed by atoms with Gasteiger partial charge in [-0.15, -0.1) is 0 Å². The molecule has 0 saturated heterocycles. The maximum atomic E-state index is 9.78. The van der Waals surface area contributed by atoms with E-state index in [-0.39, 0.29) is 6.10 Å². The van der Waals surface area contributed by atoms with E-state index in [9.17, 15) is 5.11 Å². The van der Waals surface area contributed by atoms with Crippen molar-refractivity contribution in [1.29, 1.82) is 0 Å². The van der Waals surface area contributed by atoms with E-state index in [0.717, 1.165) is 23.9 Å². The summed E-state index contributed by atoms with van der Waals surface area (Å²) in [6, 6.07) is 3.78. The third kappa shape index (κ3) is 1.94. The van der Waals surface area contributed by atoms with Crippen molar-refractivity contribution in [3.63, 3.8) is 0 Å². The van der Waals surface area contributed by atoms with Crippen LogP contribution in [0.25, 0.3) is 0 Å². The van der Waals surface area contributed by atoms with Gasteiger partial charge in [0.25, 0.3) is 0 Å². The van der Waals surface area contributed by atoms with Crippen molar-refractivity contribution in [2.24, 2.45) is 5.92 Å². The van der Waals surface area contributed by atoms with Gasteiger partial charge in [0.05, 0.1) is 0 Å². The molecule has 0 aromatic carbocycles. The van der Waals surface area contributed by atoms with Crippen molar-refractivity contribution in [3.8, 4) is 0 Å². The Bertz CT molecular complexity index is 273. The molecule has 0 bridgehead atoms. The molecule has 0 aliphatic heterocycles. The number of rotatable bonds is 3. The van der Waals surface area contributed by atoms with Crippen molar-refractivity contribution in [2.75, 3.05) is 0 Å². The minimum absolute atomic E-state index is 0.390. The Morgan fingerprint density at radius 2 is 2.31 bits per heavy atom. The molecule has 1 heterocycles. The monoisotopic (exact) mass is 180 g/mol. The first-order valence-electron chi connectivity index (χ1n) is 5.00. The van der Waals surface area contributed by atoms with E-state index in [1.807, 2.05) is 19.1 Å². The number of furan rings is 1. The molecule has 0 amide bonds. The summed E-state index contributed by atoms with van der Waals surface area (Å²) in [5.41, 5.74) is 0. The predicted molar refractivity (Wildman–Crippen MR) is 50.4 cm³/mol. The Balaban J connectivity index is 1.92. The SMILES string of the molecule is Cc1ccc(C(O)CC2CCC2)o1. The molecule has 2 rings (SSSR count). The van der Waals surface area contributed by atoms with E-state index in [4.69, 9.17) is 4.42 Å². The minimum Gasteiger partial charge on any atom is -0.464 e. The summed E-state index contributed by atoms with van der Waals surface area (Å²) in [6.45, 7) is 1.90. The second-order valence-electron chi connectivity index (χ2n) is 4.00. The van der Waals surface area contributed by atoms with Crippen molar-refractivity contribution in [2.45, 2.75) is 38.7 Å². The van der Waals surface area contributed by atoms with E-state index >= 15 is 0 Å². The fourth-order valence-electron chi connectivity index (χ4n) is 1.79. The van der Waals surface area contributed by atoms with E-state index in [1.54, 1.807) is 0 Å². The van der Waals surface area contributed by atoms with Crippen molar-refractivity contribution in [1.82, 2.24) is 0 Å². The van der Waals surface area contributed by atoms with E-state index in [0.29, 0.717) is 0 Å². The molecule has 2 nitrogen and oxygen atoms in total. The maximum Gasteiger partial charge on any atom is 0.132 e. The van der Waals surface area contributed by atoms with Crippen LogP contribution < -0.4 is 0 Å². The van der Waals surface area contributed by atoms with Gasteiger partial charge in [0.15, 0.2) is 0 Å². The quantitative estimate of drug-likeness (QED) is 0.776. The highest BCUT2D eigenvalue weighted by molar-refractivity contribution is 5.08. The van der Waals surface area contributed by atoms with Crippen LogP contribution in [0.3, 0.4) is 0 Å². The first kappa shape index (κ1) is 8.82. The summed E-state index contributed by atoms with van der Waals surface area (Å²) in [5.74, 6) is 2.33. The van der Waals surface area contributed by atoms with Gasteiger partial charge in [0.1, 0.15) is 17.6 Å². The Kier molecular flexibility index (Phi) is 2.40. The summed E-state index contributed by atoms with van der Waals surface area (Å²) >= 11 is 0. The zero-order valence-corrected chi connectivity index (χ0v) is 7.99. The molecule has 1 saturated carbocycles. The number of aliphatic hydroxyl groups is 1. The van der Waals surface area contributed by atoms with Crippen LogP contribution in [-0.2, 0) is 0 Å².